The third kappa shape index (κ3) is 3.18. The SMILES string of the molecule is Nc1cc(CO)c(-c2ccccc2OC(F)(F)F)cn1. The molecule has 106 valence electrons. The van der Waals surface area contributed by atoms with Gasteiger partial charge in [-0.2, -0.15) is 0 Å². The summed E-state index contributed by atoms with van der Waals surface area (Å²) in [5.41, 5.74) is 6.38. The van der Waals surface area contributed by atoms with E-state index in [-0.39, 0.29) is 23.7 Å². The molecule has 2 aromatic rings. The zero-order chi connectivity index (χ0) is 14.8. The van der Waals surface area contributed by atoms with E-state index in [0.29, 0.717) is 11.1 Å². The summed E-state index contributed by atoms with van der Waals surface area (Å²) in [4.78, 5) is 3.83. The lowest BCUT2D eigenvalue weighted by Crippen LogP contribution is -2.17. The molecule has 1 aromatic carbocycles. The predicted molar refractivity (Wildman–Crippen MR) is 66.7 cm³/mol. The van der Waals surface area contributed by atoms with Crippen LogP contribution < -0.4 is 10.5 Å². The normalized spacial score (nSPS) is 11.4. The molecule has 0 saturated heterocycles. The van der Waals surface area contributed by atoms with Gasteiger partial charge in [0.2, 0.25) is 0 Å². The number of hydrogen-bond donors (Lipinski definition) is 2. The Morgan fingerprint density at radius 2 is 1.90 bits per heavy atom. The van der Waals surface area contributed by atoms with Gasteiger partial charge in [0, 0.05) is 17.3 Å². The largest absolute Gasteiger partial charge is 0.573 e. The van der Waals surface area contributed by atoms with Crippen LogP contribution in [0.4, 0.5) is 19.0 Å². The number of anilines is 1. The second-order valence-electron chi connectivity index (χ2n) is 3.97. The van der Waals surface area contributed by atoms with Crippen molar-refractivity contribution in [2.75, 3.05) is 5.73 Å². The van der Waals surface area contributed by atoms with Crippen LogP contribution in [-0.4, -0.2) is 16.5 Å². The van der Waals surface area contributed by atoms with Crippen LogP contribution in [0.1, 0.15) is 5.56 Å². The fourth-order valence-electron chi connectivity index (χ4n) is 1.79. The van der Waals surface area contributed by atoms with E-state index < -0.39 is 6.36 Å². The first-order valence-electron chi connectivity index (χ1n) is 5.61. The highest BCUT2D eigenvalue weighted by atomic mass is 19.4. The topological polar surface area (TPSA) is 68.4 Å². The van der Waals surface area contributed by atoms with Crippen molar-refractivity contribution < 1.29 is 23.0 Å². The third-order valence-electron chi connectivity index (χ3n) is 2.58. The molecular weight excluding hydrogens is 273 g/mol. The molecule has 1 heterocycles. The Morgan fingerprint density at radius 3 is 2.55 bits per heavy atom. The van der Waals surface area contributed by atoms with Crippen molar-refractivity contribution in [3.63, 3.8) is 0 Å². The minimum Gasteiger partial charge on any atom is -0.405 e. The van der Waals surface area contributed by atoms with Crippen LogP contribution in [0, 0.1) is 0 Å². The summed E-state index contributed by atoms with van der Waals surface area (Å²) >= 11 is 0. The molecule has 0 fully saturated rings. The molecule has 0 saturated carbocycles. The van der Waals surface area contributed by atoms with Crippen molar-refractivity contribution in [3.8, 4) is 16.9 Å². The number of rotatable bonds is 3. The number of aromatic nitrogens is 1. The average Bonchev–Trinajstić information content (AvgIpc) is 2.38. The molecular formula is C13H11F3N2O2. The van der Waals surface area contributed by atoms with Gasteiger partial charge < -0.3 is 15.6 Å². The monoisotopic (exact) mass is 284 g/mol. The summed E-state index contributed by atoms with van der Waals surface area (Å²) in [6.07, 6.45) is -3.49. The minimum absolute atomic E-state index is 0.173. The molecule has 7 heteroatoms. The summed E-state index contributed by atoms with van der Waals surface area (Å²) in [5, 5.41) is 9.28. The van der Waals surface area contributed by atoms with Gasteiger partial charge in [-0.3, -0.25) is 0 Å². The molecule has 0 amide bonds. The van der Waals surface area contributed by atoms with E-state index in [2.05, 4.69) is 9.72 Å². The number of aliphatic hydroxyl groups excluding tert-OH is 1. The standard InChI is InChI=1S/C13H11F3N2O2/c14-13(15,16)20-11-4-2-1-3-9(11)10-6-18-12(17)5-8(10)7-19/h1-6,19H,7H2,(H2,17,18). The van der Waals surface area contributed by atoms with Crippen molar-refractivity contribution in [1.29, 1.82) is 0 Å². The van der Waals surface area contributed by atoms with Gasteiger partial charge in [-0.25, -0.2) is 4.98 Å². The first-order chi connectivity index (χ1) is 9.40. The van der Waals surface area contributed by atoms with E-state index in [1.807, 2.05) is 0 Å². The minimum atomic E-state index is -4.79. The summed E-state index contributed by atoms with van der Waals surface area (Å²) in [7, 11) is 0. The van der Waals surface area contributed by atoms with E-state index in [1.54, 1.807) is 6.07 Å². The Labute approximate surface area is 112 Å². The predicted octanol–water partition coefficient (Wildman–Crippen LogP) is 2.72. The Bertz CT molecular complexity index is 615. The summed E-state index contributed by atoms with van der Waals surface area (Å²) in [6.45, 7) is -0.373. The molecule has 0 radical (unpaired) electrons. The number of halogens is 3. The molecule has 0 aliphatic rings. The molecule has 0 unspecified atom stereocenters. The van der Waals surface area contributed by atoms with Gasteiger partial charge in [-0.05, 0) is 17.7 Å². The smallest absolute Gasteiger partial charge is 0.405 e. The Balaban J connectivity index is 2.53. The van der Waals surface area contributed by atoms with Gasteiger partial charge in [0.05, 0.1) is 6.61 Å². The van der Waals surface area contributed by atoms with Crippen molar-refractivity contribution in [2.45, 2.75) is 13.0 Å². The Morgan fingerprint density at radius 1 is 1.20 bits per heavy atom. The zero-order valence-electron chi connectivity index (χ0n) is 10.2. The quantitative estimate of drug-likeness (QED) is 0.909. The maximum atomic E-state index is 12.4. The van der Waals surface area contributed by atoms with Gasteiger partial charge in [0.25, 0.3) is 0 Å². The summed E-state index contributed by atoms with van der Waals surface area (Å²) in [6, 6.07) is 7.04. The van der Waals surface area contributed by atoms with Gasteiger partial charge in [-0.1, -0.05) is 18.2 Å². The van der Waals surface area contributed by atoms with Crippen LogP contribution in [0.2, 0.25) is 0 Å². The highest BCUT2D eigenvalue weighted by Gasteiger charge is 2.32. The third-order valence-corrected chi connectivity index (χ3v) is 2.58. The number of nitrogen functional groups attached to an aromatic ring is 1. The van der Waals surface area contributed by atoms with Crippen molar-refractivity contribution in [2.24, 2.45) is 0 Å². The Hall–Kier alpha value is -2.28. The molecule has 0 atom stereocenters. The fourth-order valence-corrected chi connectivity index (χ4v) is 1.79. The van der Waals surface area contributed by atoms with Gasteiger partial charge in [-0.15, -0.1) is 13.2 Å². The first kappa shape index (κ1) is 14.1. The fraction of sp³-hybridized carbons (Fsp3) is 0.154. The number of hydrogen-bond acceptors (Lipinski definition) is 4. The van der Waals surface area contributed by atoms with Crippen molar-refractivity contribution in [3.05, 3.63) is 42.1 Å². The maximum absolute atomic E-state index is 12.4. The van der Waals surface area contributed by atoms with Crippen LogP contribution in [0.15, 0.2) is 36.5 Å². The number of ether oxygens (including phenoxy) is 1. The number of nitrogens with zero attached hydrogens (tertiary/aromatic N) is 1. The molecule has 4 nitrogen and oxygen atoms in total. The molecule has 0 spiro atoms. The number of pyridine rings is 1. The highest BCUT2D eigenvalue weighted by molar-refractivity contribution is 5.73. The second kappa shape index (κ2) is 5.38. The van der Waals surface area contributed by atoms with Crippen LogP contribution in [-0.2, 0) is 6.61 Å². The molecule has 20 heavy (non-hydrogen) atoms. The highest BCUT2D eigenvalue weighted by Crippen LogP contribution is 2.35. The van der Waals surface area contributed by atoms with Crippen LogP contribution in [0.25, 0.3) is 11.1 Å². The van der Waals surface area contributed by atoms with Crippen LogP contribution >= 0.6 is 0 Å². The Kier molecular flexibility index (Phi) is 3.80. The van der Waals surface area contributed by atoms with E-state index in [0.717, 1.165) is 0 Å². The number of benzene rings is 1. The van der Waals surface area contributed by atoms with E-state index >= 15 is 0 Å². The number of para-hydroxylation sites is 1. The number of alkyl halides is 3. The van der Waals surface area contributed by atoms with Crippen LogP contribution in [0.5, 0.6) is 5.75 Å². The van der Waals surface area contributed by atoms with Gasteiger partial charge >= 0.3 is 6.36 Å². The molecule has 0 bridgehead atoms. The molecule has 0 aliphatic carbocycles. The molecule has 3 N–H and O–H groups in total. The van der Waals surface area contributed by atoms with Gasteiger partial charge in [0.1, 0.15) is 11.6 Å². The van der Waals surface area contributed by atoms with Crippen molar-refractivity contribution in [1.82, 2.24) is 4.98 Å². The lowest BCUT2D eigenvalue weighted by Gasteiger charge is -2.15. The van der Waals surface area contributed by atoms with E-state index in [9.17, 15) is 18.3 Å². The average molecular weight is 284 g/mol. The maximum Gasteiger partial charge on any atom is 0.573 e. The van der Waals surface area contributed by atoms with Crippen molar-refractivity contribution >= 4 is 5.82 Å². The lowest BCUT2D eigenvalue weighted by molar-refractivity contribution is -0.274. The summed E-state index contributed by atoms with van der Waals surface area (Å²) in [5.74, 6) is -0.187. The zero-order valence-corrected chi connectivity index (χ0v) is 10.2. The van der Waals surface area contributed by atoms with Gasteiger partial charge in [0.15, 0.2) is 0 Å². The number of aliphatic hydroxyl groups is 1. The summed E-state index contributed by atoms with van der Waals surface area (Å²) < 4.78 is 41.1. The molecule has 0 aliphatic heterocycles. The number of nitrogens with two attached hydrogens (primary N) is 1. The molecule has 2 rings (SSSR count). The first-order valence-corrected chi connectivity index (χ1v) is 5.61. The lowest BCUT2D eigenvalue weighted by atomic mass is 10.0. The van der Waals surface area contributed by atoms with E-state index in [1.165, 1.54) is 30.5 Å². The van der Waals surface area contributed by atoms with Crippen LogP contribution in [0.3, 0.4) is 0 Å². The molecule has 1 aromatic heterocycles. The second-order valence-corrected chi connectivity index (χ2v) is 3.97. The van der Waals surface area contributed by atoms with E-state index in [4.69, 9.17) is 5.73 Å².